The number of carbonyl (C=O) groups is 1. The Bertz CT molecular complexity index is 726. The maximum Gasteiger partial charge on any atom is 0.238 e. The van der Waals surface area contributed by atoms with Gasteiger partial charge in [0.05, 0.1) is 6.54 Å². The molecule has 2 N–H and O–H groups in total. The van der Waals surface area contributed by atoms with Crippen molar-refractivity contribution in [1.82, 2.24) is 14.9 Å². The van der Waals surface area contributed by atoms with Gasteiger partial charge in [-0.3, -0.25) is 4.79 Å². The van der Waals surface area contributed by atoms with Crippen LogP contribution in [0.2, 0.25) is 0 Å². The third-order valence-electron chi connectivity index (χ3n) is 4.85. The second-order valence-electron chi connectivity index (χ2n) is 6.88. The van der Waals surface area contributed by atoms with Gasteiger partial charge < -0.3 is 15.2 Å². The lowest BCUT2D eigenvalue weighted by atomic mass is 10.1. The lowest BCUT2D eigenvalue weighted by molar-refractivity contribution is -0.115. The molecule has 7 heteroatoms. The van der Waals surface area contributed by atoms with Crippen molar-refractivity contribution in [2.24, 2.45) is 5.92 Å². The molecule has 0 saturated heterocycles. The van der Waals surface area contributed by atoms with E-state index in [9.17, 15) is 4.79 Å². The third-order valence-corrected chi connectivity index (χ3v) is 4.85. The van der Waals surface area contributed by atoms with Crippen LogP contribution in [0.5, 0.6) is 0 Å². The number of carbonyl (C=O) groups excluding carboxylic acids is 1. The quantitative estimate of drug-likeness (QED) is 0.782. The van der Waals surface area contributed by atoms with Gasteiger partial charge in [0.15, 0.2) is 0 Å². The normalized spacial score (nSPS) is 15.4. The van der Waals surface area contributed by atoms with Crippen LogP contribution in [-0.2, 0) is 17.8 Å². The fraction of sp³-hybridized carbons (Fsp3) is 0.474. The molecule has 1 aromatic carbocycles. The summed E-state index contributed by atoms with van der Waals surface area (Å²) < 4.78 is 2.32. The molecule has 0 radical (unpaired) electrons. The zero-order valence-corrected chi connectivity index (χ0v) is 16.4. The van der Waals surface area contributed by atoms with Gasteiger partial charge >= 0.3 is 0 Å². The summed E-state index contributed by atoms with van der Waals surface area (Å²) in [6.45, 7) is 2.39. The Balaban J connectivity index is 0.00000121. The van der Waals surface area contributed by atoms with Crippen molar-refractivity contribution < 1.29 is 4.79 Å². The highest BCUT2D eigenvalue weighted by Gasteiger charge is 2.20. The number of nitrogens with zero attached hydrogens (tertiary/aromatic N) is 2. The van der Waals surface area contributed by atoms with Crippen LogP contribution < -0.4 is 10.6 Å². The van der Waals surface area contributed by atoms with Crippen molar-refractivity contribution in [2.75, 3.05) is 18.4 Å². The highest BCUT2D eigenvalue weighted by Crippen LogP contribution is 2.27. The fourth-order valence-corrected chi connectivity index (χ4v) is 3.29. The lowest BCUT2D eigenvalue weighted by Gasteiger charge is -2.16. The van der Waals surface area contributed by atoms with Crippen LogP contribution in [-0.4, -0.2) is 28.5 Å². The molecule has 1 aliphatic heterocycles. The van der Waals surface area contributed by atoms with E-state index in [0.29, 0.717) is 6.54 Å². The molecule has 26 heavy (non-hydrogen) atoms. The number of amides is 1. The number of nitrogens with one attached hydrogen (secondary N) is 2. The van der Waals surface area contributed by atoms with Crippen molar-refractivity contribution in [3.05, 3.63) is 36.2 Å². The van der Waals surface area contributed by atoms with Crippen molar-refractivity contribution in [3.63, 3.8) is 0 Å². The Labute approximate surface area is 166 Å². The minimum absolute atomic E-state index is 0. The molecule has 142 valence electrons. The van der Waals surface area contributed by atoms with Gasteiger partial charge in [-0.2, -0.15) is 0 Å². The topological polar surface area (TPSA) is 59.0 Å². The van der Waals surface area contributed by atoms with Crippen LogP contribution in [0.25, 0.3) is 11.4 Å². The second kappa shape index (κ2) is 9.40. The standard InChI is InChI=1S/C19H24N4O.2ClH/c24-18(13-20-11-14-4-5-14)22-16-8-6-15(7-9-16)19-21-12-17-3-1-2-10-23(17)19;;/h6-9,12,14,20H,1-5,10-11,13H2,(H,22,24);2*1H. The Morgan fingerprint density at radius 3 is 2.65 bits per heavy atom. The van der Waals surface area contributed by atoms with Gasteiger partial charge in [-0.15, -0.1) is 24.8 Å². The number of imidazole rings is 1. The highest BCUT2D eigenvalue weighted by molar-refractivity contribution is 5.92. The molecule has 1 amide bonds. The van der Waals surface area contributed by atoms with Crippen molar-refractivity contribution in [2.45, 2.75) is 38.6 Å². The lowest BCUT2D eigenvalue weighted by Crippen LogP contribution is -2.29. The van der Waals surface area contributed by atoms with Crippen molar-refractivity contribution in [1.29, 1.82) is 0 Å². The maximum absolute atomic E-state index is 11.9. The largest absolute Gasteiger partial charge is 0.328 e. The molecule has 1 aromatic heterocycles. The number of benzene rings is 1. The summed E-state index contributed by atoms with van der Waals surface area (Å²) >= 11 is 0. The SMILES string of the molecule is Cl.Cl.O=C(CNCC1CC1)Nc1ccc(-c2ncc3n2CCCC3)cc1. The Morgan fingerprint density at radius 2 is 1.92 bits per heavy atom. The predicted octanol–water partition coefficient (Wildman–Crippen LogP) is 3.67. The zero-order chi connectivity index (χ0) is 16.4. The van der Waals surface area contributed by atoms with Gasteiger partial charge in [0.25, 0.3) is 0 Å². The molecule has 1 aliphatic carbocycles. The Morgan fingerprint density at radius 1 is 1.15 bits per heavy atom. The summed E-state index contributed by atoms with van der Waals surface area (Å²) in [5.74, 6) is 1.84. The van der Waals surface area contributed by atoms with Crippen molar-refractivity contribution in [3.8, 4) is 11.4 Å². The van der Waals surface area contributed by atoms with Gasteiger partial charge in [0, 0.05) is 29.7 Å². The molecule has 5 nitrogen and oxygen atoms in total. The summed E-state index contributed by atoms with van der Waals surface area (Å²) in [6, 6.07) is 7.99. The van der Waals surface area contributed by atoms with Crippen LogP contribution in [0.4, 0.5) is 5.69 Å². The molecule has 2 aliphatic rings. The fourth-order valence-electron chi connectivity index (χ4n) is 3.29. The molecule has 0 atom stereocenters. The molecule has 0 bridgehead atoms. The Hall–Kier alpha value is -1.56. The summed E-state index contributed by atoms with van der Waals surface area (Å²) in [6.07, 6.45) is 8.19. The van der Waals surface area contributed by atoms with Crippen LogP contribution in [0.1, 0.15) is 31.4 Å². The minimum atomic E-state index is 0. The van der Waals surface area contributed by atoms with Gasteiger partial charge in [-0.1, -0.05) is 0 Å². The van der Waals surface area contributed by atoms with E-state index in [2.05, 4.69) is 20.2 Å². The average molecular weight is 397 g/mol. The Kier molecular flexibility index (Phi) is 7.50. The number of halogens is 2. The second-order valence-corrected chi connectivity index (χ2v) is 6.88. The molecule has 2 heterocycles. The third kappa shape index (κ3) is 5.00. The molecule has 4 rings (SSSR count). The molecule has 0 spiro atoms. The number of aryl methyl sites for hydroxylation is 1. The number of fused-ring (bicyclic) bond motifs is 1. The molecule has 1 saturated carbocycles. The number of aromatic nitrogens is 2. The average Bonchev–Trinajstić information content (AvgIpc) is 3.32. The van der Waals surface area contributed by atoms with Crippen LogP contribution in [0.3, 0.4) is 0 Å². The van der Waals surface area contributed by atoms with Gasteiger partial charge in [-0.05, 0) is 68.8 Å². The van der Waals surface area contributed by atoms with Crippen LogP contribution >= 0.6 is 24.8 Å². The smallest absolute Gasteiger partial charge is 0.238 e. The predicted molar refractivity (Wildman–Crippen MR) is 109 cm³/mol. The first kappa shape index (κ1) is 20.7. The van der Waals surface area contributed by atoms with Crippen molar-refractivity contribution >= 4 is 36.4 Å². The molecular formula is C19H26Cl2N4O. The van der Waals surface area contributed by atoms with E-state index in [1.807, 2.05) is 30.5 Å². The maximum atomic E-state index is 11.9. The van der Waals surface area contributed by atoms with E-state index in [1.165, 1.54) is 31.4 Å². The first-order valence-corrected chi connectivity index (χ1v) is 8.95. The monoisotopic (exact) mass is 396 g/mol. The minimum Gasteiger partial charge on any atom is -0.328 e. The first-order valence-electron chi connectivity index (χ1n) is 8.95. The van der Waals surface area contributed by atoms with Gasteiger partial charge in [-0.25, -0.2) is 4.98 Å². The van der Waals surface area contributed by atoms with E-state index in [-0.39, 0.29) is 30.7 Å². The number of anilines is 1. The van der Waals surface area contributed by atoms with E-state index in [0.717, 1.165) is 42.5 Å². The zero-order valence-electron chi connectivity index (χ0n) is 14.7. The molecular weight excluding hydrogens is 371 g/mol. The van der Waals surface area contributed by atoms with E-state index >= 15 is 0 Å². The summed E-state index contributed by atoms with van der Waals surface area (Å²) in [4.78, 5) is 16.5. The van der Waals surface area contributed by atoms with E-state index in [1.54, 1.807) is 0 Å². The summed E-state index contributed by atoms with van der Waals surface area (Å²) in [5, 5.41) is 6.15. The molecule has 1 fully saturated rings. The molecule has 2 aromatic rings. The summed E-state index contributed by atoms with van der Waals surface area (Å²) in [5.41, 5.74) is 3.27. The van der Waals surface area contributed by atoms with Gasteiger partial charge in [0.1, 0.15) is 5.82 Å². The highest BCUT2D eigenvalue weighted by atomic mass is 35.5. The van der Waals surface area contributed by atoms with E-state index in [4.69, 9.17) is 0 Å². The number of hydrogen-bond acceptors (Lipinski definition) is 3. The van der Waals surface area contributed by atoms with E-state index < -0.39 is 0 Å². The number of rotatable bonds is 6. The van der Waals surface area contributed by atoms with Gasteiger partial charge in [0.2, 0.25) is 5.91 Å². The summed E-state index contributed by atoms with van der Waals surface area (Å²) in [7, 11) is 0. The van der Waals surface area contributed by atoms with Crippen LogP contribution in [0, 0.1) is 5.92 Å². The first-order chi connectivity index (χ1) is 11.8. The van der Waals surface area contributed by atoms with Crippen LogP contribution in [0.15, 0.2) is 30.5 Å². The molecule has 0 unspecified atom stereocenters. The number of hydrogen-bond donors (Lipinski definition) is 2.